The molecule has 0 radical (unpaired) electrons. The van der Waals surface area contributed by atoms with E-state index >= 15 is 0 Å². The van der Waals surface area contributed by atoms with Crippen LogP contribution in [0.15, 0.2) is 46.7 Å². The van der Waals surface area contributed by atoms with Crippen LogP contribution in [0.5, 0.6) is 0 Å². The quantitative estimate of drug-likeness (QED) is 0.645. The maximum absolute atomic E-state index is 12.4. The number of amides is 1. The van der Waals surface area contributed by atoms with Crippen LogP contribution in [0.3, 0.4) is 0 Å². The fourth-order valence-electron chi connectivity index (χ4n) is 3.06. The second-order valence-corrected chi connectivity index (χ2v) is 7.36. The first kappa shape index (κ1) is 17.4. The molecule has 3 aromatic rings. The summed E-state index contributed by atoms with van der Waals surface area (Å²) in [5, 5.41) is 1.77. The standard InChI is InChI=1S/C19H17N3O4S/c1-12-2-4-15(5-3-12)22-10-13(8-16(22)23)18(25)26-11-14-9-17(24)21-6-7-27-19(21)20-14/h2-7,9,13H,8,10-11H2,1H3/t13-/m0/s1. The van der Waals surface area contributed by atoms with Crippen molar-refractivity contribution in [2.24, 2.45) is 5.92 Å². The second-order valence-electron chi connectivity index (χ2n) is 6.49. The van der Waals surface area contributed by atoms with Crippen LogP contribution >= 0.6 is 11.3 Å². The second kappa shape index (κ2) is 6.96. The van der Waals surface area contributed by atoms with Gasteiger partial charge in [-0.2, -0.15) is 0 Å². The monoisotopic (exact) mass is 383 g/mol. The largest absolute Gasteiger partial charge is 0.459 e. The van der Waals surface area contributed by atoms with Crippen molar-refractivity contribution in [2.45, 2.75) is 20.0 Å². The zero-order valence-electron chi connectivity index (χ0n) is 14.6. The smallest absolute Gasteiger partial charge is 0.311 e. The van der Waals surface area contributed by atoms with Gasteiger partial charge in [-0.1, -0.05) is 17.7 Å². The first-order valence-electron chi connectivity index (χ1n) is 8.51. The number of esters is 1. The van der Waals surface area contributed by atoms with Gasteiger partial charge < -0.3 is 9.64 Å². The number of fused-ring (bicyclic) bond motifs is 1. The SMILES string of the molecule is Cc1ccc(N2C[C@@H](C(=O)OCc3cc(=O)n4ccsc4n3)CC2=O)cc1. The molecule has 7 nitrogen and oxygen atoms in total. The van der Waals surface area contributed by atoms with Crippen LogP contribution < -0.4 is 10.5 Å². The molecule has 27 heavy (non-hydrogen) atoms. The summed E-state index contributed by atoms with van der Waals surface area (Å²) in [7, 11) is 0. The van der Waals surface area contributed by atoms with Gasteiger partial charge in [0.1, 0.15) is 6.61 Å². The first-order valence-corrected chi connectivity index (χ1v) is 9.39. The molecular weight excluding hydrogens is 366 g/mol. The molecule has 1 aromatic carbocycles. The van der Waals surface area contributed by atoms with E-state index in [2.05, 4.69) is 4.98 Å². The highest BCUT2D eigenvalue weighted by molar-refractivity contribution is 7.15. The van der Waals surface area contributed by atoms with Gasteiger partial charge in [0, 0.05) is 36.3 Å². The Labute approximate surface area is 158 Å². The molecule has 0 N–H and O–H groups in total. The maximum atomic E-state index is 12.4. The molecule has 8 heteroatoms. The minimum atomic E-state index is -0.523. The number of carbonyl (C=O) groups is 2. The minimum absolute atomic E-state index is 0.0856. The number of aryl methyl sites for hydroxylation is 1. The van der Waals surface area contributed by atoms with Gasteiger partial charge >= 0.3 is 5.97 Å². The first-order chi connectivity index (χ1) is 13.0. The highest BCUT2D eigenvalue weighted by Gasteiger charge is 2.36. The third-order valence-corrected chi connectivity index (χ3v) is 5.28. The molecule has 0 aliphatic carbocycles. The Bertz CT molecular complexity index is 1070. The Balaban J connectivity index is 1.41. The van der Waals surface area contributed by atoms with Crippen LogP contribution in [0, 0.1) is 12.8 Å². The number of benzene rings is 1. The lowest BCUT2D eigenvalue weighted by atomic mass is 10.1. The summed E-state index contributed by atoms with van der Waals surface area (Å²) < 4.78 is 6.76. The van der Waals surface area contributed by atoms with Gasteiger partial charge in [0.25, 0.3) is 5.56 Å². The van der Waals surface area contributed by atoms with Crippen molar-refractivity contribution in [3.05, 3.63) is 63.5 Å². The summed E-state index contributed by atoms with van der Waals surface area (Å²) in [5.74, 6) is -1.08. The summed E-state index contributed by atoms with van der Waals surface area (Å²) in [6, 6.07) is 8.95. The lowest BCUT2D eigenvalue weighted by molar-refractivity contribution is -0.149. The number of thiazole rings is 1. The zero-order valence-corrected chi connectivity index (χ0v) is 15.4. The number of rotatable bonds is 4. The van der Waals surface area contributed by atoms with E-state index in [1.165, 1.54) is 21.8 Å². The van der Waals surface area contributed by atoms with E-state index in [1.54, 1.807) is 16.5 Å². The highest BCUT2D eigenvalue weighted by atomic mass is 32.1. The number of nitrogens with zero attached hydrogens (tertiary/aromatic N) is 3. The van der Waals surface area contributed by atoms with Gasteiger partial charge in [-0.3, -0.25) is 18.8 Å². The third kappa shape index (κ3) is 3.48. The average molecular weight is 383 g/mol. The van der Waals surface area contributed by atoms with Crippen molar-refractivity contribution in [3.8, 4) is 0 Å². The lowest BCUT2D eigenvalue weighted by Crippen LogP contribution is -2.26. The van der Waals surface area contributed by atoms with Gasteiger partial charge in [0.15, 0.2) is 4.96 Å². The fraction of sp³-hybridized carbons (Fsp3) is 0.263. The van der Waals surface area contributed by atoms with Crippen molar-refractivity contribution in [1.29, 1.82) is 0 Å². The molecular formula is C19H17N3O4S. The van der Waals surface area contributed by atoms with E-state index in [9.17, 15) is 14.4 Å². The summed E-state index contributed by atoms with van der Waals surface area (Å²) in [6.45, 7) is 2.18. The van der Waals surface area contributed by atoms with Crippen molar-refractivity contribution >= 4 is 33.9 Å². The van der Waals surface area contributed by atoms with Crippen molar-refractivity contribution in [1.82, 2.24) is 9.38 Å². The number of aromatic nitrogens is 2. The third-order valence-electron chi connectivity index (χ3n) is 4.52. The molecule has 1 aliphatic heterocycles. The lowest BCUT2D eigenvalue weighted by Gasteiger charge is -2.16. The average Bonchev–Trinajstić information content (AvgIpc) is 3.27. The summed E-state index contributed by atoms with van der Waals surface area (Å²) >= 11 is 1.33. The van der Waals surface area contributed by atoms with E-state index in [-0.39, 0.29) is 24.5 Å². The number of carbonyl (C=O) groups excluding carboxylic acids is 2. The molecule has 1 saturated heterocycles. The molecule has 4 rings (SSSR count). The van der Waals surface area contributed by atoms with Crippen LogP contribution in [0.1, 0.15) is 17.7 Å². The van der Waals surface area contributed by atoms with Gasteiger partial charge in [0.05, 0.1) is 11.6 Å². The van der Waals surface area contributed by atoms with Crippen molar-refractivity contribution < 1.29 is 14.3 Å². The van der Waals surface area contributed by atoms with Gasteiger partial charge in [-0.25, -0.2) is 4.98 Å². The molecule has 0 spiro atoms. The van der Waals surface area contributed by atoms with Crippen LogP contribution in [0.25, 0.3) is 4.96 Å². The molecule has 1 fully saturated rings. The Morgan fingerprint density at radius 3 is 2.85 bits per heavy atom. The normalized spacial score (nSPS) is 16.9. The van der Waals surface area contributed by atoms with E-state index in [1.807, 2.05) is 31.2 Å². The van der Waals surface area contributed by atoms with Gasteiger partial charge in [0.2, 0.25) is 5.91 Å². The molecule has 0 saturated carbocycles. The number of hydrogen-bond acceptors (Lipinski definition) is 6. The van der Waals surface area contributed by atoms with Gasteiger partial charge in [-0.05, 0) is 19.1 Å². The molecule has 3 heterocycles. The van der Waals surface area contributed by atoms with E-state index < -0.39 is 11.9 Å². The fourth-order valence-corrected chi connectivity index (χ4v) is 3.80. The van der Waals surface area contributed by atoms with Crippen LogP contribution in [-0.4, -0.2) is 27.8 Å². The van der Waals surface area contributed by atoms with Crippen LogP contribution in [-0.2, 0) is 20.9 Å². The predicted octanol–water partition coefficient (Wildman–Crippen LogP) is 2.16. The van der Waals surface area contributed by atoms with Crippen LogP contribution in [0.2, 0.25) is 0 Å². The predicted molar refractivity (Wildman–Crippen MR) is 101 cm³/mol. The van der Waals surface area contributed by atoms with E-state index in [0.29, 0.717) is 17.2 Å². The summed E-state index contributed by atoms with van der Waals surface area (Å²) in [6.07, 6.45) is 1.77. The number of ether oxygens (including phenoxy) is 1. The molecule has 1 aliphatic rings. The van der Waals surface area contributed by atoms with Crippen LogP contribution in [0.4, 0.5) is 5.69 Å². The number of hydrogen-bond donors (Lipinski definition) is 0. The number of anilines is 1. The summed E-state index contributed by atoms with van der Waals surface area (Å²) in [5.41, 5.74) is 2.07. The van der Waals surface area contributed by atoms with Gasteiger partial charge in [-0.15, -0.1) is 11.3 Å². The molecule has 0 unspecified atom stereocenters. The van der Waals surface area contributed by atoms with Crippen molar-refractivity contribution in [2.75, 3.05) is 11.4 Å². The zero-order chi connectivity index (χ0) is 19.0. The summed E-state index contributed by atoms with van der Waals surface area (Å²) in [4.78, 5) is 43.1. The topological polar surface area (TPSA) is 81.0 Å². The molecule has 2 aromatic heterocycles. The van der Waals surface area contributed by atoms with E-state index in [0.717, 1.165) is 11.3 Å². The Morgan fingerprint density at radius 2 is 2.07 bits per heavy atom. The van der Waals surface area contributed by atoms with E-state index in [4.69, 9.17) is 4.74 Å². The molecule has 1 amide bonds. The van der Waals surface area contributed by atoms with Crippen molar-refractivity contribution in [3.63, 3.8) is 0 Å². The minimum Gasteiger partial charge on any atom is -0.459 e. The molecule has 138 valence electrons. The Morgan fingerprint density at radius 1 is 1.30 bits per heavy atom. The molecule has 1 atom stereocenters. The highest BCUT2D eigenvalue weighted by Crippen LogP contribution is 2.26. The Kier molecular flexibility index (Phi) is 4.49. The maximum Gasteiger partial charge on any atom is 0.311 e. The Hall–Kier alpha value is -3.00. The molecule has 0 bridgehead atoms.